The van der Waals surface area contributed by atoms with Crippen LogP contribution in [-0.2, 0) is 11.3 Å². The molecular weight excluding hydrogens is 292 g/mol. The molecule has 110 valence electrons. The highest BCUT2D eigenvalue weighted by Crippen LogP contribution is 2.15. The first-order valence-electron chi connectivity index (χ1n) is 6.52. The summed E-state index contributed by atoms with van der Waals surface area (Å²) in [6.07, 6.45) is 0. The van der Waals surface area contributed by atoms with E-state index in [0.29, 0.717) is 10.7 Å². The zero-order valence-electron chi connectivity index (χ0n) is 11.8. The quantitative estimate of drug-likeness (QED) is 0.814. The fraction of sp³-hybridized carbons (Fsp3) is 0.267. The summed E-state index contributed by atoms with van der Waals surface area (Å²) in [5.41, 5.74) is 0.814. The van der Waals surface area contributed by atoms with Crippen molar-refractivity contribution >= 4 is 17.6 Å². The number of hydrogen-bond donors (Lipinski definition) is 0. The maximum Gasteiger partial charge on any atom is 0.343 e. The zero-order valence-corrected chi connectivity index (χ0v) is 12.6. The van der Waals surface area contributed by atoms with E-state index in [4.69, 9.17) is 16.3 Å². The van der Waals surface area contributed by atoms with E-state index in [2.05, 4.69) is 5.10 Å². The first-order chi connectivity index (χ1) is 10.0. The van der Waals surface area contributed by atoms with E-state index in [1.165, 1.54) is 10.7 Å². The van der Waals surface area contributed by atoms with Gasteiger partial charge in [-0.05, 0) is 31.5 Å². The van der Waals surface area contributed by atoms with Crippen molar-refractivity contribution in [2.75, 3.05) is 6.61 Å². The fourth-order valence-electron chi connectivity index (χ4n) is 1.92. The summed E-state index contributed by atoms with van der Waals surface area (Å²) in [7, 11) is 0. The number of benzene rings is 1. The van der Waals surface area contributed by atoms with Crippen LogP contribution < -0.4 is 5.56 Å². The topological polar surface area (TPSA) is 61.2 Å². The van der Waals surface area contributed by atoms with E-state index >= 15 is 0 Å². The van der Waals surface area contributed by atoms with Crippen LogP contribution in [0.4, 0.5) is 0 Å². The van der Waals surface area contributed by atoms with E-state index in [9.17, 15) is 9.59 Å². The lowest BCUT2D eigenvalue weighted by Crippen LogP contribution is -2.30. The molecule has 0 atom stereocenters. The normalized spacial score (nSPS) is 10.4. The zero-order chi connectivity index (χ0) is 15.4. The molecule has 2 aromatic rings. The van der Waals surface area contributed by atoms with E-state index in [0.717, 1.165) is 5.56 Å². The number of aryl methyl sites for hydroxylation is 1. The van der Waals surface area contributed by atoms with Crippen molar-refractivity contribution in [3.63, 3.8) is 0 Å². The molecule has 0 N–H and O–H groups in total. The molecule has 0 spiro atoms. The molecule has 0 aliphatic heterocycles. The molecule has 1 heterocycles. The molecule has 0 amide bonds. The van der Waals surface area contributed by atoms with Gasteiger partial charge in [0.05, 0.1) is 18.8 Å². The Morgan fingerprint density at radius 2 is 2.10 bits per heavy atom. The molecule has 0 fully saturated rings. The Kier molecular flexibility index (Phi) is 4.75. The van der Waals surface area contributed by atoms with E-state index in [1.807, 2.05) is 18.2 Å². The molecule has 0 saturated carbocycles. The highest BCUT2D eigenvalue weighted by Gasteiger charge is 2.16. The Morgan fingerprint density at radius 3 is 2.76 bits per heavy atom. The predicted molar refractivity (Wildman–Crippen MR) is 79.7 cm³/mol. The summed E-state index contributed by atoms with van der Waals surface area (Å²) in [5, 5.41) is 4.70. The Bertz CT molecular complexity index is 725. The van der Waals surface area contributed by atoms with Crippen LogP contribution in [0.15, 0.2) is 35.1 Å². The molecular formula is C15H15ClN2O3. The van der Waals surface area contributed by atoms with Gasteiger partial charge < -0.3 is 4.74 Å². The van der Waals surface area contributed by atoms with Crippen LogP contribution in [-0.4, -0.2) is 22.4 Å². The van der Waals surface area contributed by atoms with E-state index < -0.39 is 11.5 Å². The van der Waals surface area contributed by atoms with Crippen molar-refractivity contribution in [2.24, 2.45) is 0 Å². The van der Waals surface area contributed by atoms with Crippen molar-refractivity contribution in [1.82, 2.24) is 9.78 Å². The van der Waals surface area contributed by atoms with Crippen LogP contribution in [0.3, 0.4) is 0 Å². The van der Waals surface area contributed by atoms with Crippen LogP contribution in [0.2, 0.25) is 5.02 Å². The predicted octanol–water partition coefficient (Wildman–Crippen LogP) is 2.43. The van der Waals surface area contributed by atoms with Gasteiger partial charge in [0.15, 0.2) is 0 Å². The molecule has 0 saturated heterocycles. The van der Waals surface area contributed by atoms with Crippen molar-refractivity contribution in [3.05, 3.63) is 62.5 Å². The molecule has 0 radical (unpaired) electrons. The van der Waals surface area contributed by atoms with Gasteiger partial charge in [0, 0.05) is 5.02 Å². The second kappa shape index (κ2) is 6.54. The van der Waals surface area contributed by atoms with Crippen LogP contribution in [0.1, 0.15) is 28.5 Å². The summed E-state index contributed by atoms with van der Waals surface area (Å²) in [6, 6.07) is 8.62. The van der Waals surface area contributed by atoms with Crippen LogP contribution in [0.25, 0.3) is 0 Å². The number of ether oxygens (including phenoxy) is 1. The molecule has 1 aromatic heterocycles. The number of esters is 1. The first kappa shape index (κ1) is 15.3. The van der Waals surface area contributed by atoms with Crippen LogP contribution >= 0.6 is 11.6 Å². The molecule has 0 aliphatic rings. The molecule has 0 bridgehead atoms. The van der Waals surface area contributed by atoms with Gasteiger partial charge in [0.25, 0.3) is 5.56 Å². The minimum absolute atomic E-state index is 0.0172. The lowest BCUT2D eigenvalue weighted by molar-refractivity contribution is 0.0523. The number of halogens is 1. The number of nitrogens with zero attached hydrogens (tertiary/aromatic N) is 2. The lowest BCUT2D eigenvalue weighted by Gasteiger charge is -2.09. The van der Waals surface area contributed by atoms with Gasteiger partial charge in [-0.15, -0.1) is 0 Å². The van der Waals surface area contributed by atoms with E-state index in [1.54, 1.807) is 19.9 Å². The average Bonchev–Trinajstić information content (AvgIpc) is 2.45. The number of aromatic nitrogens is 2. The summed E-state index contributed by atoms with van der Waals surface area (Å²) >= 11 is 6.08. The number of carbonyl (C=O) groups is 1. The molecule has 0 unspecified atom stereocenters. The number of carbonyl (C=O) groups excluding carboxylic acids is 1. The van der Waals surface area contributed by atoms with Crippen LogP contribution in [0.5, 0.6) is 0 Å². The minimum atomic E-state index is -0.638. The smallest absolute Gasteiger partial charge is 0.343 e. The second-order valence-corrected chi connectivity index (χ2v) is 4.88. The summed E-state index contributed by atoms with van der Waals surface area (Å²) in [4.78, 5) is 24.1. The van der Waals surface area contributed by atoms with Gasteiger partial charge >= 0.3 is 5.97 Å². The van der Waals surface area contributed by atoms with Crippen molar-refractivity contribution in [2.45, 2.75) is 20.4 Å². The first-order valence-corrected chi connectivity index (χ1v) is 6.90. The molecule has 1 aromatic carbocycles. The Morgan fingerprint density at radius 1 is 1.38 bits per heavy atom. The third-order valence-corrected chi connectivity index (χ3v) is 3.24. The summed E-state index contributed by atoms with van der Waals surface area (Å²) in [6.45, 7) is 3.82. The largest absolute Gasteiger partial charge is 0.462 e. The van der Waals surface area contributed by atoms with Gasteiger partial charge in [-0.3, -0.25) is 4.79 Å². The lowest BCUT2D eigenvalue weighted by atomic mass is 10.2. The van der Waals surface area contributed by atoms with E-state index in [-0.39, 0.29) is 18.7 Å². The number of hydrogen-bond acceptors (Lipinski definition) is 4. The van der Waals surface area contributed by atoms with Gasteiger partial charge in [-0.1, -0.05) is 29.8 Å². The molecule has 2 rings (SSSR count). The van der Waals surface area contributed by atoms with Crippen molar-refractivity contribution in [3.8, 4) is 0 Å². The van der Waals surface area contributed by atoms with Gasteiger partial charge in [0.1, 0.15) is 5.56 Å². The molecule has 21 heavy (non-hydrogen) atoms. The second-order valence-electron chi connectivity index (χ2n) is 4.47. The maximum atomic E-state index is 12.3. The van der Waals surface area contributed by atoms with Crippen molar-refractivity contribution < 1.29 is 9.53 Å². The minimum Gasteiger partial charge on any atom is -0.462 e. The third kappa shape index (κ3) is 3.49. The third-order valence-electron chi connectivity index (χ3n) is 2.87. The highest BCUT2D eigenvalue weighted by atomic mass is 35.5. The standard InChI is InChI=1S/C15H15ClN2O3/c1-3-21-15(20)12-8-10(2)17-18(14(12)19)9-11-6-4-5-7-13(11)16/h4-8H,3,9H2,1-2H3. The average molecular weight is 307 g/mol. The Hall–Kier alpha value is -2.14. The van der Waals surface area contributed by atoms with Crippen molar-refractivity contribution in [1.29, 1.82) is 0 Å². The molecule has 6 heteroatoms. The molecule has 5 nitrogen and oxygen atoms in total. The van der Waals surface area contributed by atoms with Gasteiger partial charge in [0.2, 0.25) is 0 Å². The van der Waals surface area contributed by atoms with Gasteiger partial charge in [-0.25, -0.2) is 9.48 Å². The maximum absolute atomic E-state index is 12.3. The SMILES string of the molecule is CCOC(=O)c1cc(C)nn(Cc2ccccc2Cl)c1=O. The molecule has 0 aliphatic carbocycles. The summed E-state index contributed by atoms with van der Waals surface area (Å²) in [5.74, 6) is -0.638. The highest BCUT2D eigenvalue weighted by molar-refractivity contribution is 6.31. The Balaban J connectivity index is 2.43. The number of rotatable bonds is 4. The van der Waals surface area contributed by atoms with Crippen LogP contribution in [0, 0.1) is 6.92 Å². The Labute approximate surface area is 127 Å². The monoisotopic (exact) mass is 306 g/mol. The summed E-state index contributed by atoms with van der Waals surface area (Å²) < 4.78 is 6.11. The van der Waals surface area contributed by atoms with Gasteiger partial charge in [-0.2, -0.15) is 5.10 Å². The fourth-order valence-corrected chi connectivity index (χ4v) is 2.12.